The molecular weight excluding hydrogens is 412 g/mol. The molecule has 2 aliphatic heterocycles. The second-order valence-corrected chi connectivity index (χ2v) is 9.09. The number of furan rings is 1. The minimum Gasteiger partial charge on any atom is -0.472 e. The van der Waals surface area contributed by atoms with Crippen LogP contribution in [0.3, 0.4) is 0 Å². The van der Waals surface area contributed by atoms with E-state index < -0.39 is 0 Å². The van der Waals surface area contributed by atoms with Gasteiger partial charge in [-0.3, -0.25) is 9.69 Å². The summed E-state index contributed by atoms with van der Waals surface area (Å²) in [6, 6.07) is 16.5. The first-order valence-electron chi connectivity index (χ1n) is 12.1. The zero-order chi connectivity index (χ0) is 22.8. The van der Waals surface area contributed by atoms with E-state index in [1.165, 1.54) is 16.7 Å². The maximum atomic E-state index is 12.9. The molecule has 1 amide bonds. The number of amides is 1. The summed E-state index contributed by atoms with van der Waals surface area (Å²) < 4.78 is 11.6. The molecule has 1 atom stereocenters. The largest absolute Gasteiger partial charge is 0.472 e. The van der Waals surface area contributed by atoms with E-state index in [0.717, 1.165) is 44.0 Å². The van der Waals surface area contributed by atoms with Crippen molar-refractivity contribution in [3.63, 3.8) is 0 Å². The number of piperidine rings is 1. The molecule has 3 heterocycles. The summed E-state index contributed by atoms with van der Waals surface area (Å²) in [5.41, 5.74) is 4.41. The lowest BCUT2D eigenvalue weighted by Crippen LogP contribution is -2.36. The molecule has 0 saturated carbocycles. The molecule has 5 rings (SSSR count). The molecule has 33 heavy (non-hydrogen) atoms. The third kappa shape index (κ3) is 4.30. The van der Waals surface area contributed by atoms with E-state index in [-0.39, 0.29) is 5.91 Å². The van der Waals surface area contributed by atoms with Crippen LogP contribution < -0.4 is 4.74 Å². The third-order valence-electron chi connectivity index (χ3n) is 7.21. The molecule has 5 heteroatoms. The molecule has 3 aromatic rings. The van der Waals surface area contributed by atoms with Gasteiger partial charge in [-0.05, 0) is 70.0 Å². The molecule has 0 spiro atoms. The van der Waals surface area contributed by atoms with Gasteiger partial charge in [0.1, 0.15) is 11.5 Å². The van der Waals surface area contributed by atoms with Crippen molar-refractivity contribution in [1.29, 1.82) is 0 Å². The van der Waals surface area contributed by atoms with Gasteiger partial charge in [-0.1, -0.05) is 24.3 Å². The van der Waals surface area contributed by atoms with Crippen LogP contribution in [0.1, 0.15) is 59.7 Å². The number of carbonyl (C=O) groups excluding carboxylic acids is 1. The summed E-state index contributed by atoms with van der Waals surface area (Å²) in [4.78, 5) is 17.3. The van der Waals surface area contributed by atoms with Crippen molar-refractivity contribution in [1.82, 2.24) is 9.80 Å². The van der Waals surface area contributed by atoms with Crippen molar-refractivity contribution in [2.75, 3.05) is 26.2 Å². The molecule has 0 N–H and O–H groups in total. The van der Waals surface area contributed by atoms with Gasteiger partial charge in [-0.25, -0.2) is 0 Å². The van der Waals surface area contributed by atoms with E-state index >= 15 is 0 Å². The quantitative estimate of drug-likeness (QED) is 0.474. The fraction of sp³-hybridized carbons (Fsp3) is 0.393. The van der Waals surface area contributed by atoms with E-state index in [9.17, 15) is 4.79 Å². The number of hydrogen-bond donors (Lipinski definition) is 0. The van der Waals surface area contributed by atoms with Crippen LogP contribution in [-0.2, 0) is 6.54 Å². The summed E-state index contributed by atoms with van der Waals surface area (Å²) in [6.45, 7) is 8.53. The van der Waals surface area contributed by atoms with Gasteiger partial charge in [0.2, 0.25) is 0 Å². The number of likely N-dealkylation sites (tertiary alicyclic amines) is 1. The van der Waals surface area contributed by atoms with Crippen LogP contribution in [0.2, 0.25) is 0 Å². The summed E-state index contributed by atoms with van der Waals surface area (Å²) in [5.74, 6) is 2.65. The SMILES string of the molecule is CCN(CC)C(=O)c1ccc2c(c1)Oc1ccccc1C2C1CCN(Cc2ccoc2)CC1. The maximum Gasteiger partial charge on any atom is 0.253 e. The number of nitrogens with zero attached hydrogens (tertiary/aromatic N) is 2. The Bertz CT molecular complexity index is 1100. The topological polar surface area (TPSA) is 45.9 Å². The molecule has 5 nitrogen and oxygen atoms in total. The van der Waals surface area contributed by atoms with Crippen molar-refractivity contribution in [3.05, 3.63) is 83.3 Å². The van der Waals surface area contributed by atoms with Gasteiger partial charge in [0.05, 0.1) is 12.5 Å². The van der Waals surface area contributed by atoms with Crippen LogP contribution in [0.4, 0.5) is 0 Å². The highest BCUT2D eigenvalue weighted by Crippen LogP contribution is 2.50. The molecular formula is C28H32N2O3. The van der Waals surface area contributed by atoms with Crippen LogP contribution >= 0.6 is 0 Å². The van der Waals surface area contributed by atoms with E-state index in [1.54, 1.807) is 6.26 Å². The second-order valence-electron chi connectivity index (χ2n) is 9.09. The van der Waals surface area contributed by atoms with Crippen LogP contribution in [0.5, 0.6) is 11.5 Å². The lowest BCUT2D eigenvalue weighted by atomic mass is 9.74. The molecule has 0 radical (unpaired) electrons. The van der Waals surface area contributed by atoms with Gasteiger partial charge >= 0.3 is 0 Å². The number of rotatable bonds is 6. The van der Waals surface area contributed by atoms with Crippen LogP contribution in [0, 0.1) is 5.92 Å². The fourth-order valence-corrected chi connectivity index (χ4v) is 5.42. The van der Waals surface area contributed by atoms with Crippen molar-refractivity contribution >= 4 is 5.91 Å². The van der Waals surface area contributed by atoms with Crippen molar-refractivity contribution in [2.24, 2.45) is 5.92 Å². The fourth-order valence-electron chi connectivity index (χ4n) is 5.42. The molecule has 1 fully saturated rings. The van der Waals surface area contributed by atoms with Gasteiger partial charge in [-0.15, -0.1) is 0 Å². The van der Waals surface area contributed by atoms with Gasteiger partial charge in [0.15, 0.2) is 0 Å². The zero-order valence-corrected chi connectivity index (χ0v) is 19.5. The number of fused-ring (bicyclic) bond motifs is 2. The van der Waals surface area contributed by atoms with E-state index in [0.29, 0.717) is 30.5 Å². The van der Waals surface area contributed by atoms with Crippen LogP contribution in [0.25, 0.3) is 0 Å². The summed E-state index contributed by atoms with van der Waals surface area (Å²) in [5, 5.41) is 0. The number of para-hydroxylation sites is 1. The number of ether oxygens (including phenoxy) is 1. The highest BCUT2D eigenvalue weighted by Gasteiger charge is 2.35. The van der Waals surface area contributed by atoms with E-state index in [2.05, 4.69) is 29.2 Å². The first kappa shape index (κ1) is 21.8. The van der Waals surface area contributed by atoms with Gasteiger partial charge in [0, 0.05) is 47.8 Å². The molecule has 0 aliphatic carbocycles. The van der Waals surface area contributed by atoms with E-state index in [4.69, 9.17) is 9.15 Å². The Hall–Kier alpha value is -3.05. The number of carbonyl (C=O) groups is 1. The monoisotopic (exact) mass is 444 g/mol. The summed E-state index contributed by atoms with van der Waals surface area (Å²) >= 11 is 0. The Balaban J connectivity index is 1.41. The van der Waals surface area contributed by atoms with Gasteiger partial charge < -0.3 is 14.1 Å². The third-order valence-corrected chi connectivity index (χ3v) is 7.21. The predicted octanol–water partition coefficient (Wildman–Crippen LogP) is 5.91. The Morgan fingerprint density at radius 1 is 1.00 bits per heavy atom. The summed E-state index contributed by atoms with van der Waals surface area (Å²) in [7, 11) is 0. The average molecular weight is 445 g/mol. The first-order valence-corrected chi connectivity index (χ1v) is 12.1. The molecule has 2 aromatic carbocycles. The van der Waals surface area contributed by atoms with Gasteiger partial charge in [-0.2, -0.15) is 0 Å². The maximum absolute atomic E-state index is 12.9. The second kappa shape index (κ2) is 9.44. The lowest BCUT2D eigenvalue weighted by Gasteiger charge is -2.39. The van der Waals surface area contributed by atoms with Gasteiger partial charge in [0.25, 0.3) is 5.91 Å². The van der Waals surface area contributed by atoms with E-state index in [1.807, 2.05) is 49.3 Å². The zero-order valence-electron chi connectivity index (χ0n) is 19.5. The Labute approximate surface area is 196 Å². The summed E-state index contributed by atoms with van der Waals surface area (Å²) in [6.07, 6.45) is 5.86. The highest BCUT2D eigenvalue weighted by molar-refractivity contribution is 5.95. The lowest BCUT2D eigenvalue weighted by molar-refractivity contribution is 0.0772. The normalized spacial score (nSPS) is 18.3. The minimum absolute atomic E-state index is 0.0642. The average Bonchev–Trinajstić information content (AvgIpc) is 3.36. The molecule has 1 saturated heterocycles. The molecule has 1 unspecified atom stereocenters. The molecule has 0 bridgehead atoms. The number of benzene rings is 2. The predicted molar refractivity (Wildman–Crippen MR) is 129 cm³/mol. The Morgan fingerprint density at radius 2 is 1.76 bits per heavy atom. The molecule has 2 aliphatic rings. The van der Waals surface area contributed by atoms with Crippen LogP contribution in [0.15, 0.2) is 65.5 Å². The smallest absolute Gasteiger partial charge is 0.253 e. The highest BCUT2D eigenvalue weighted by atomic mass is 16.5. The standard InChI is InChI=1S/C28H32N2O3/c1-3-30(4-2)28(31)22-9-10-24-26(17-22)33-25-8-6-5-7-23(25)27(24)21-11-14-29(15-12-21)18-20-13-16-32-19-20/h5-10,13,16-17,19,21,27H,3-4,11-12,14-15,18H2,1-2H3. The molecule has 172 valence electrons. The minimum atomic E-state index is 0.0642. The Morgan fingerprint density at radius 3 is 2.48 bits per heavy atom. The van der Waals surface area contributed by atoms with Crippen molar-refractivity contribution < 1.29 is 13.9 Å². The first-order chi connectivity index (χ1) is 16.2. The van der Waals surface area contributed by atoms with Crippen LogP contribution in [-0.4, -0.2) is 41.9 Å². The van der Waals surface area contributed by atoms with Crippen molar-refractivity contribution in [2.45, 2.75) is 39.2 Å². The molecule has 1 aromatic heterocycles. The Kier molecular flexibility index (Phi) is 6.23. The van der Waals surface area contributed by atoms with Crippen molar-refractivity contribution in [3.8, 4) is 11.5 Å². The number of hydrogen-bond acceptors (Lipinski definition) is 4.